The van der Waals surface area contributed by atoms with Gasteiger partial charge in [0.15, 0.2) is 6.10 Å². The molecule has 4 aliphatic rings. The van der Waals surface area contributed by atoms with Crippen molar-refractivity contribution in [2.75, 3.05) is 56.9 Å². The summed E-state index contributed by atoms with van der Waals surface area (Å²) in [4.78, 5) is 48.5. The van der Waals surface area contributed by atoms with E-state index in [9.17, 15) is 14.4 Å². The van der Waals surface area contributed by atoms with Crippen LogP contribution in [0.4, 0.5) is 21.0 Å². The number of nitrogens with one attached hydrogen (secondary N) is 1. The average molecular weight is 747 g/mol. The van der Waals surface area contributed by atoms with E-state index in [1.165, 1.54) is 19.3 Å². The number of nitrogen functional groups attached to an aromatic ring is 1. The number of carbonyl (C=O) groups is 3. The number of nitrogens with zero attached hydrogens (tertiary/aromatic N) is 4. The predicted molar refractivity (Wildman–Crippen MR) is 181 cm³/mol. The number of fused-ring (bicyclic) bond motifs is 1. The molecule has 45 heavy (non-hydrogen) atoms. The summed E-state index contributed by atoms with van der Waals surface area (Å²) in [6.45, 7) is 5.05. The third-order valence-corrected chi connectivity index (χ3v) is 11.1. The first-order chi connectivity index (χ1) is 21.8. The quantitative estimate of drug-likeness (QED) is 0.379. The van der Waals surface area contributed by atoms with Gasteiger partial charge in [0.1, 0.15) is 0 Å². The lowest BCUT2D eigenvalue weighted by molar-refractivity contribution is -0.140. The molecule has 0 aliphatic carbocycles. The van der Waals surface area contributed by atoms with Gasteiger partial charge in [-0.25, -0.2) is 9.59 Å². The number of piperidine rings is 2. The summed E-state index contributed by atoms with van der Waals surface area (Å²) >= 11 is 7.01. The van der Waals surface area contributed by atoms with Crippen LogP contribution in [0.2, 0.25) is 0 Å². The van der Waals surface area contributed by atoms with Crippen molar-refractivity contribution in [2.45, 2.75) is 69.6 Å². The van der Waals surface area contributed by atoms with Gasteiger partial charge in [-0.15, -0.1) is 0 Å². The van der Waals surface area contributed by atoms with E-state index in [1.807, 2.05) is 46.2 Å². The van der Waals surface area contributed by atoms with Gasteiger partial charge in [-0.3, -0.25) is 9.69 Å². The first kappa shape index (κ1) is 32.1. The average Bonchev–Trinajstić information content (AvgIpc) is 3.48. The highest BCUT2D eigenvalue weighted by molar-refractivity contribution is 9.11. The third-order valence-electron chi connectivity index (χ3n) is 9.77. The van der Waals surface area contributed by atoms with Crippen molar-refractivity contribution in [2.24, 2.45) is 0 Å². The minimum Gasteiger partial charge on any atom is -0.436 e. The summed E-state index contributed by atoms with van der Waals surface area (Å²) in [5, 5.41) is 3.05. The fourth-order valence-corrected chi connectivity index (χ4v) is 8.45. The number of anilines is 2. The van der Waals surface area contributed by atoms with Crippen LogP contribution in [0, 0.1) is 0 Å². The van der Waals surface area contributed by atoms with Gasteiger partial charge in [-0.05, 0) is 113 Å². The lowest BCUT2D eigenvalue weighted by Gasteiger charge is -2.38. The fraction of sp³-hybridized carbons (Fsp3) is 0.545. The summed E-state index contributed by atoms with van der Waals surface area (Å²) in [5.41, 5.74) is 9.53. The number of benzene rings is 2. The maximum Gasteiger partial charge on any atom is 0.410 e. The van der Waals surface area contributed by atoms with Gasteiger partial charge >= 0.3 is 12.1 Å². The Hall–Kier alpha value is -2.83. The largest absolute Gasteiger partial charge is 0.436 e. The summed E-state index contributed by atoms with van der Waals surface area (Å²) in [6, 6.07) is 12.0. The molecule has 2 unspecified atom stereocenters. The lowest BCUT2D eigenvalue weighted by Crippen LogP contribution is -2.51. The molecule has 6 rings (SSSR count). The van der Waals surface area contributed by atoms with Gasteiger partial charge in [-0.1, -0.05) is 24.6 Å². The molecule has 12 heteroatoms. The molecule has 3 fully saturated rings. The first-order valence-electron chi connectivity index (χ1n) is 16.1. The molecule has 4 heterocycles. The molecule has 242 valence electrons. The van der Waals surface area contributed by atoms with E-state index < -0.39 is 12.2 Å². The van der Waals surface area contributed by atoms with Gasteiger partial charge in [0.05, 0.1) is 5.69 Å². The molecule has 2 atom stereocenters. The Morgan fingerprint density at radius 1 is 0.911 bits per heavy atom. The zero-order valence-corrected chi connectivity index (χ0v) is 28.7. The van der Waals surface area contributed by atoms with Gasteiger partial charge in [0.25, 0.3) is 5.91 Å². The number of urea groups is 1. The van der Waals surface area contributed by atoms with Gasteiger partial charge in [0.2, 0.25) is 0 Å². The van der Waals surface area contributed by atoms with E-state index in [-0.39, 0.29) is 24.4 Å². The molecule has 2 aromatic carbocycles. The molecular weight excluding hydrogens is 704 g/mol. The molecule has 4 amide bonds. The van der Waals surface area contributed by atoms with Crippen LogP contribution in [-0.4, -0.2) is 102 Å². The van der Waals surface area contributed by atoms with Crippen molar-refractivity contribution in [1.82, 2.24) is 19.6 Å². The van der Waals surface area contributed by atoms with Crippen LogP contribution >= 0.6 is 31.9 Å². The number of hydrogen-bond acceptors (Lipinski definition) is 6. The summed E-state index contributed by atoms with van der Waals surface area (Å²) in [7, 11) is 0. The molecule has 0 radical (unpaired) electrons. The van der Waals surface area contributed by atoms with E-state index >= 15 is 0 Å². The topological polar surface area (TPSA) is 111 Å². The maximum atomic E-state index is 14.0. The molecule has 0 bridgehead atoms. The Kier molecular flexibility index (Phi) is 10.2. The van der Waals surface area contributed by atoms with Crippen molar-refractivity contribution in [3.05, 3.63) is 56.5 Å². The molecule has 3 saturated heterocycles. The van der Waals surface area contributed by atoms with E-state index in [1.54, 1.807) is 4.90 Å². The zero-order valence-electron chi connectivity index (χ0n) is 25.6. The predicted octanol–water partition coefficient (Wildman–Crippen LogP) is 5.48. The number of hydrogen-bond donors (Lipinski definition) is 2. The number of carbonyl (C=O) groups excluding carboxylic acids is 3. The number of halogens is 2. The fourth-order valence-electron chi connectivity index (χ4n) is 7.17. The Bertz CT molecular complexity index is 1390. The molecule has 10 nitrogen and oxygen atoms in total. The Balaban J connectivity index is 1.10. The second-order valence-corrected chi connectivity index (χ2v) is 14.3. The first-order valence-corrected chi connectivity index (χ1v) is 17.7. The molecular formula is C33H42Br2N6O4. The number of ether oxygens (including phenoxy) is 1. The second kappa shape index (κ2) is 14.3. The van der Waals surface area contributed by atoms with Crippen molar-refractivity contribution in [3.63, 3.8) is 0 Å². The van der Waals surface area contributed by atoms with E-state index in [0.717, 1.165) is 51.7 Å². The van der Waals surface area contributed by atoms with Crippen LogP contribution in [0.5, 0.6) is 0 Å². The molecule has 3 N–H and O–H groups in total. The van der Waals surface area contributed by atoms with Crippen molar-refractivity contribution in [1.29, 1.82) is 0 Å². The van der Waals surface area contributed by atoms with E-state index in [4.69, 9.17) is 10.5 Å². The number of para-hydroxylation sites is 1. The Labute approximate surface area is 281 Å². The highest BCUT2D eigenvalue weighted by Crippen LogP contribution is 2.31. The monoisotopic (exact) mass is 744 g/mol. The van der Waals surface area contributed by atoms with Crippen LogP contribution in [0.25, 0.3) is 0 Å². The Morgan fingerprint density at radius 2 is 1.58 bits per heavy atom. The third kappa shape index (κ3) is 7.44. The van der Waals surface area contributed by atoms with Gasteiger partial charge in [-0.2, -0.15) is 0 Å². The summed E-state index contributed by atoms with van der Waals surface area (Å²) in [6.07, 6.45) is 5.52. The minimum absolute atomic E-state index is 0.0292. The van der Waals surface area contributed by atoms with Crippen LogP contribution < -0.4 is 11.1 Å². The highest BCUT2D eigenvalue weighted by Gasteiger charge is 2.38. The standard InChI is InChI=1S/C33H42Br2N6O4/c34-26-18-22(19-27(35)30(26)36)20-29(31(42)40-16-11-25(21-40)38-12-4-1-5-13-38)45-33(44)39-14-9-24(10-15-39)41-17-8-23-6-2-3-7-28(23)37-32(41)43/h2-3,6-7,18-19,24-25,29H,1,4-5,8-17,20-21,36H2,(H,37,43). The van der Waals surface area contributed by atoms with Crippen LogP contribution in [0.1, 0.15) is 49.7 Å². The number of rotatable bonds is 6. The highest BCUT2D eigenvalue weighted by atomic mass is 79.9. The van der Waals surface area contributed by atoms with Crippen molar-refractivity contribution in [3.8, 4) is 0 Å². The van der Waals surface area contributed by atoms with Crippen LogP contribution in [-0.2, 0) is 22.4 Å². The van der Waals surface area contributed by atoms with Crippen LogP contribution in [0.15, 0.2) is 45.3 Å². The van der Waals surface area contributed by atoms with E-state index in [0.29, 0.717) is 57.3 Å². The van der Waals surface area contributed by atoms with Crippen molar-refractivity contribution < 1.29 is 19.1 Å². The smallest absolute Gasteiger partial charge is 0.410 e. The van der Waals surface area contributed by atoms with E-state index in [2.05, 4.69) is 42.1 Å². The SMILES string of the molecule is Nc1c(Br)cc(CC(OC(=O)N2CCC(N3CCc4ccccc4NC3=O)CC2)C(=O)N2CCC(N3CCCCC3)C2)cc1Br. The minimum atomic E-state index is -0.951. The number of likely N-dealkylation sites (tertiary alicyclic amines) is 3. The molecule has 2 aromatic rings. The second-order valence-electron chi connectivity index (χ2n) is 12.6. The normalized spacial score (nSPS) is 22.0. The molecule has 0 saturated carbocycles. The molecule has 0 spiro atoms. The summed E-state index contributed by atoms with van der Waals surface area (Å²) in [5.74, 6) is -0.150. The number of nitrogens with two attached hydrogens (primary N) is 1. The zero-order chi connectivity index (χ0) is 31.5. The maximum absolute atomic E-state index is 14.0. The number of amides is 4. The van der Waals surface area contributed by atoms with Crippen molar-refractivity contribution >= 4 is 61.3 Å². The summed E-state index contributed by atoms with van der Waals surface area (Å²) < 4.78 is 7.49. The lowest BCUT2D eigenvalue weighted by atomic mass is 10.0. The van der Waals surface area contributed by atoms with Crippen LogP contribution in [0.3, 0.4) is 0 Å². The molecule has 4 aliphatic heterocycles. The molecule has 0 aromatic heterocycles. The van der Waals surface area contributed by atoms with Gasteiger partial charge in [0, 0.05) is 65.9 Å². The Morgan fingerprint density at radius 3 is 2.31 bits per heavy atom. The van der Waals surface area contributed by atoms with Gasteiger partial charge < -0.3 is 30.5 Å².